The number of hydrogen-bond acceptors (Lipinski definition) is 4. The lowest BCUT2D eigenvalue weighted by atomic mass is 10.3. The molecule has 16 heavy (non-hydrogen) atoms. The van der Waals surface area contributed by atoms with E-state index in [4.69, 9.17) is 5.11 Å². The van der Waals surface area contributed by atoms with Crippen LogP contribution in [0.4, 0.5) is 5.69 Å². The van der Waals surface area contributed by atoms with E-state index in [1.165, 1.54) is 0 Å². The molecule has 0 radical (unpaired) electrons. The fourth-order valence-electron chi connectivity index (χ4n) is 1.23. The van der Waals surface area contributed by atoms with Gasteiger partial charge in [0.15, 0.2) is 9.84 Å². The van der Waals surface area contributed by atoms with E-state index in [2.05, 4.69) is 5.32 Å². The van der Waals surface area contributed by atoms with E-state index in [0.29, 0.717) is 11.4 Å². The van der Waals surface area contributed by atoms with E-state index in [0.717, 1.165) is 5.69 Å². The molecular formula is C11H17NO3S. The van der Waals surface area contributed by atoms with Crippen molar-refractivity contribution in [2.24, 2.45) is 0 Å². The van der Waals surface area contributed by atoms with Crippen LogP contribution in [0, 0.1) is 0 Å². The van der Waals surface area contributed by atoms with Gasteiger partial charge in [-0.25, -0.2) is 8.42 Å². The normalized spacial score (nSPS) is 11.8. The van der Waals surface area contributed by atoms with Crippen molar-refractivity contribution in [2.45, 2.75) is 24.0 Å². The minimum Gasteiger partial charge on any atom is -0.395 e. The largest absolute Gasteiger partial charge is 0.395 e. The minimum atomic E-state index is -3.19. The third-order valence-corrected chi connectivity index (χ3v) is 4.41. The average molecular weight is 243 g/mol. The van der Waals surface area contributed by atoms with Crippen LogP contribution in [0.2, 0.25) is 0 Å². The first kappa shape index (κ1) is 13.0. The summed E-state index contributed by atoms with van der Waals surface area (Å²) in [5.41, 5.74) is 0.803. The molecule has 0 heterocycles. The van der Waals surface area contributed by atoms with Gasteiger partial charge in [0.05, 0.1) is 16.8 Å². The number of hydrogen-bond donors (Lipinski definition) is 2. The van der Waals surface area contributed by atoms with Crippen molar-refractivity contribution in [3.8, 4) is 0 Å². The Labute approximate surface area is 96.2 Å². The van der Waals surface area contributed by atoms with E-state index in [-0.39, 0.29) is 6.61 Å². The number of rotatable bonds is 5. The predicted molar refractivity (Wildman–Crippen MR) is 64.3 cm³/mol. The number of benzene rings is 1. The number of nitrogens with one attached hydrogen (secondary N) is 1. The summed E-state index contributed by atoms with van der Waals surface area (Å²) >= 11 is 0. The Kier molecular flexibility index (Phi) is 4.32. The molecule has 1 aromatic rings. The van der Waals surface area contributed by atoms with Gasteiger partial charge in [-0.3, -0.25) is 0 Å². The first-order valence-corrected chi connectivity index (χ1v) is 6.72. The Balaban J connectivity index is 2.87. The predicted octanol–water partition coefficient (Wildman–Crippen LogP) is 1.27. The summed E-state index contributed by atoms with van der Waals surface area (Å²) in [6.45, 7) is 3.82. The lowest BCUT2D eigenvalue weighted by Gasteiger charge is -2.09. The molecule has 1 aromatic carbocycles. The van der Waals surface area contributed by atoms with Crippen molar-refractivity contribution in [1.29, 1.82) is 0 Å². The van der Waals surface area contributed by atoms with Crippen LogP contribution < -0.4 is 5.32 Å². The third kappa shape index (κ3) is 2.96. The second kappa shape index (κ2) is 5.32. The summed E-state index contributed by atoms with van der Waals surface area (Å²) in [4.78, 5) is 0.331. The van der Waals surface area contributed by atoms with Gasteiger partial charge in [0.1, 0.15) is 0 Å². The Bertz CT molecular complexity index is 423. The summed E-state index contributed by atoms with van der Waals surface area (Å²) in [5.74, 6) is 0. The maximum absolute atomic E-state index is 11.8. The zero-order chi connectivity index (χ0) is 12.2. The minimum absolute atomic E-state index is 0.0477. The number of sulfone groups is 1. The zero-order valence-corrected chi connectivity index (χ0v) is 10.3. The molecule has 0 amide bonds. The number of aliphatic hydroxyl groups is 1. The first-order valence-electron chi connectivity index (χ1n) is 5.17. The van der Waals surface area contributed by atoms with E-state index in [1.54, 1.807) is 38.1 Å². The molecule has 0 aromatic heterocycles. The third-order valence-electron chi connectivity index (χ3n) is 2.24. The smallest absolute Gasteiger partial charge is 0.180 e. The van der Waals surface area contributed by atoms with Crippen LogP contribution in [0.3, 0.4) is 0 Å². The maximum atomic E-state index is 11.8. The highest BCUT2D eigenvalue weighted by atomic mass is 32.2. The van der Waals surface area contributed by atoms with Gasteiger partial charge in [-0.2, -0.15) is 0 Å². The summed E-state index contributed by atoms with van der Waals surface area (Å²) < 4.78 is 23.6. The van der Waals surface area contributed by atoms with Crippen molar-refractivity contribution >= 4 is 15.5 Å². The lowest BCUT2D eigenvalue weighted by Crippen LogP contribution is -2.14. The van der Waals surface area contributed by atoms with E-state index in [1.807, 2.05) is 0 Å². The van der Waals surface area contributed by atoms with Crippen molar-refractivity contribution in [1.82, 2.24) is 0 Å². The molecule has 0 saturated carbocycles. The molecule has 0 aliphatic carbocycles. The first-order chi connectivity index (χ1) is 7.48. The fraction of sp³-hybridized carbons (Fsp3) is 0.455. The summed E-state index contributed by atoms with van der Waals surface area (Å²) in [7, 11) is -3.19. The SMILES string of the molecule is CC(C)S(=O)(=O)c1ccc(NCCO)cc1. The summed E-state index contributed by atoms with van der Waals surface area (Å²) in [6, 6.07) is 6.56. The molecular weight excluding hydrogens is 226 g/mol. The molecule has 0 aliphatic rings. The van der Waals surface area contributed by atoms with Gasteiger partial charge in [-0.05, 0) is 38.1 Å². The molecule has 0 fully saturated rings. The standard InChI is InChI=1S/C11H17NO3S/c1-9(2)16(14,15)11-5-3-10(4-6-11)12-7-8-13/h3-6,9,12-13H,7-8H2,1-2H3. The molecule has 4 nitrogen and oxygen atoms in total. The molecule has 0 atom stereocenters. The van der Waals surface area contributed by atoms with Crippen LogP contribution in [-0.4, -0.2) is 31.9 Å². The monoisotopic (exact) mass is 243 g/mol. The Morgan fingerprint density at radius 3 is 2.25 bits per heavy atom. The molecule has 0 saturated heterocycles. The molecule has 90 valence electrons. The molecule has 0 aliphatic heterocycles. The van der Waals surface area contributed by atoms with E-state index in [9.17, 15) is 8.42 Å². The lowest BCUT2D eigenvalue weighted by molar-refractivity contribution is 0.311. The van der Waals surface area contributed by atoms with Crippen LogP contribution in [0.25, 0.3) is 0 Å². The molecule has 0 bridgehead atoms. The van der Waals surface area contributed by atoms with Crippen LogP contribution in [0.15, 0.2) is 29.2 Å². The van der Waals surface area contributed by atoms with Crippen LogP contribution >= 0.6 is 0 Å². The van der Waals surface area contributed by atoms with Crippen molar-refractivity contribution in [3.63, 3.8) is 0 Å². The number of aliphatic hydroxyl groups excluding tert-OH is 1. The van der Waals surface area contributed by atoms with Gasteiger partial charge in [-0.15, -0.1) is 0 Å². The molecule has 0 unspecified atom stereocenters. The van der Waals surface area contributed by atoms with Crippen LogP contribution in [0.5, 0.6) is 0 Å². The van der Waals surface area contributed by atoms with Crippen LogP contribution in [-0.2, 0) is 9.84 Å². The maximum Gasteiger partial charge on any atom is 0.180 e. The van der Waals surface area contributed by atoms with Gasteiger partial charge >= 0.3 is 0 Å². The van der Waals surface area contributed by atoms with E-state index >= 15 is 0 Å². The topological polar surface area (TPSA) is 66.4 Å². The van der Waals surface area contributed by atoms with E-state index < -0.39 is 15.1 Å². The van der Waals surface area contributed by atoms with Crippen molar-refractivity contribution in [2.75, 3.05) is 18.5 Å². The summed E-state index contributed by atoms with van der Waals surface area (Å²) in [6.07, 6.45) is 0. The summed E-state index contributed by atoms with van der Waals surface area (Å²) in [5, 5.41) is 11.2. The highest BCUT2D eigenvalue weighted by Crippen LogP contribution is 2.18. The fourth-order valence-corrected chi connectivity index (χ4v) is 2.29. The second-order valence-corrected chi connectivity index (χ2v) is 6.27. The average Bonchev–Trinajstić information content (AvgIpc) is 2.26. The van der Waals surface area contributed by atoms with Crippen molar-refractivity contribution in [3.05, 3.63) is 24.3 Å². The highest BCUT2D eigenvalue weighted by molar-refractivity contribution is 7.92. The quantitative estimate of drug-likeness (QED) is 0.817. The van der Waals surface area contributed by atoms with Gasteiger partial charge in [0, 0.05) is 12.2 Å². The molecule has 0 spiro atoms. The molecule has 1 rings (SSSR count). The number of anilines is 1. The van der Waals surface area contributed by atoms with Crippen LogP contribution in [0.1, 0.15) is 13.8 Å². The Morgan fingerprint density at radius 1 is 1.25 bits per heavy atom. The zero-order valence-electron chi connectivity index (χ0n) is 9.47. The van der Waals surface area contributed by atoms with Crippen molar-refractivity contribution < 1.29 is 13.5 Å². The Hall–Kier alpha value is -1.07. The second-order valence-electron chi connectivity index (χ2n) is 3.77. The Morgan fingerprint density at radius 2 is 1.81 bits per heavy atom. The van der Waals surface area contributed by atoms with Gasteiger partial charge in [-0.1, -0.05) is 0 Å². The van der Waals surface area contributed by atoms with Gasteiger partial charge in [0.2, 0.25) is 0 Å². The molecule has 5 heteroatoms. The van der Waals surface area contributed by atoms with Gasteiger partial charge < -0.3 is 10.4 Å². The highest BCUT2D eigenvalue weighted by Gasteiger charge is 2.18. The molecule has 2 N–H and O–H groups in total. The van der Waals surface area contributed by atoms with Gasteiger partial charge in [0.25, 0.3) is 0 Å².